The van der Waals surface area contributed by atoms with Crippen molar-refractivity contribution in [2.75, 3.05) is 12.3 Å². The van der Waals surface area contributed by atoms with Crippen LogP contribution in [-0.4, -0.2) is 12.3 Å². The monoisotopic (exact) mass is 274 g/mol. The van der Waals surface area contributed by atoms with Gasteiger partial charge in [0.05, 0.1) is 0 Å². The molecule has 0 saturated carbocycles. The van der Waals surface area contributed by atoms with Gasteiger partial charge in [-0.1, -0.05) is 71.6 Å². The van der Waals surface area contributed by atoms with Crippen LogP contribution in [0.4, 0.5) is 0 Å². The Morgan fingerprint density at radius 2 is 0.824 bits per heavy atom. The number of hydrogen-bond donors (Lipinski definition) is 0. The summed E-state index contributed by atoms with van der Waals surface area (Å²) in [4.78, 5) is 0. The summed E-state index contributed by atoms with van der Waals surface area (Å²) in [5.41, 5.74) is 0. The minimum atomic E-state index is 1.37. The first-order valence-corrected chi connectivity index (χ1v) is 10.6. The van der Waals surface area contributed by atoms with E-state index in [-0.39, 0.29) is 0 Å². The molecule has 0 nitrogen and oxygen atoms in total. The molecule has 0 amide bonds. The fourth-order valence-corrected chi connectivity index (χ4v) is 4.60. The van der Waals surface area contributed by atoms with Gasteiger partial charge in [-0.25, -0.2) is 0 Å². The van der Waals surface area contributed by atoms with Crippen molar-refractivity contribution in [1.29, 1.82) is 0 Å². The Bertz CT molecular complexity index is 112. The molecule has 0 aromatic carbocycles. The molecule has 0 rings (SSSR count). The molecule has 0 heterocycles. The predicted molar refractivity (Wildman–Crippen MR) is 85.7 cm³/mol. The molecular weight excluding hydrogens is 242 g/mol. The van der Waals surface area contributed by atoms with Crippen LogP contribution in [0.2, 0.25) is 0 Å². The highest BCUT2D eigenvalue weighted by Gasteiger charge is 1.94. The lowest BCUT2D eigenvalue weighted by molar-refractivity contribution is 0.603. The Hall–Kier alpha value is 0.860. The van der Waals surface area contributed by atoms with Gasteiger partial charge in [0.2, 0.25) is 0 Å². The summed E-state index contributed by atoms with van der Waals surface area (Å²) in [6.45, 7) is 4.58. The Balaban J connectivity index is 2.85. The predicted octanol–water partition coefficient (Wildman–Crippen LogP) is 7.12. The van der Waals surface area contributed by atoms with Crippen LogP contribution in [0.5, 0.6) is 0 Å². The maximum Gasteiger partial charge on any atom is -0.0242 e. The van der Waals surface area contributed by atoms with Crippen molar-refractivity contribution < 1.29 is 0 Å². The first-order chi connectivity index (χ1) is 8.41. The molecule has 0 atom stereocenters. The molecule has 102 valence electrons. The molecule has 0 spiro atoms. The van der Waals surface area contributed by atoms with Crippen molar-refractivity contribution in [3.8, 4) is 0 Å². The summed E-state index contributed by atoms with van der Waals surface area (Å²) < 4.78 is 0. The SMILES string of the molecule is CCCCCCCCC[P][P]CCCCCC. The third-order valence-corrected chi connectivity index (χ3v) is 6.11. The highest BCUT2D eigenvalue weighted by atomic mass is 32.0. The molecule has 0 aliphatic carbocycles. The van der Waals surface area contributed by atoms with Gasteiger partial charge in [0.15, 0.2) is 0 Å². The van der Waals surface area contributed by atoms with Gasteiger partial charge in [0.25, 0.3) is 0 Å². The first kappa shape index (κ1) is 17.9. The van der Waals surface area contributed by atoms with Crippen LogP contribution in [0, 0.1) is 0 Å². The number of hydrogen-bond acceptors (Lipinski definition) is 0. The van der Waals surface area contributed by atoms with E-state index in [1.165, 1.54) is 83.0 Å². The lowest BCUT2D eigenvalue weighted by Crippen LogP contribution is -1.81. The maximum absolute atomic E-state index is 2.29. The van der Waals surface area contributed by atoms with Gasteiger partial charge in [0.1, 0.15) is 0 Å². The molecule has 17 heavy (non-hydrogen) atoms. The van der Waals surface area contributed by atoms with Gasteiger partial charge in [-0.3, -0.25) is 0 Å². The lowest BCUT2D eigenvalue weighted by Gasteiger charge is -2.01. The Labute approximate surface area is 114 Å². The fraction of sp³-hybridized carbons (Fsp3) is 1.00. The maximum atomic E-state index is 2.29. The molecule has 0 unspecified atom stereocenters. The molecule has 2 radical (unpaired) electrons. The van der Waals surface area contributed by atoms with E-state index in [0.717, 1.165) is 0 Å². The summed E-state index contributed by atoms with van der Waals surface area (Å²) in [6.07, 6.45) is 18.8. The van der Waals surface area contributed by atoms with E-state index in [4.69, 9.17) is 0 Å². The second-order valence-corrected chi connectivity index (χ2v) is 8.07. The molecular formula is C15H32P2. The van der Waals surface area contributed by atoms with Crippen molar-refractivity contribution in [2.24, 2.45) is 0 Å². The van der Waals surface area contributed by atoms with E-state index in [9.17, 15) is 0 Å². The summed E-state index contributed by atoms with van der Waals surface area (Å²) in [5.74, 6) is 0. The Kier molecular flexibility index (Phi) is 17.7. The van der Waals surface area contributed by atoms with Crippen LogP contribution in [0.15, 0.2) is 0 Å². The van der Waals surface area contributed by atoms with Crippen molar-refractivity contribution in [1.82, 2.24) is 0 Å². The smallest absolute Gasteiger partial charge is 0.0242 e. The van der Waals surface area contributed by atoms with Gasteiger partial charge < -0.3 is 0 Å². The summed E-state index contributed by atoms with van der Waals surface area (Å²) in [5, 5.41) is 0. The van der Waals surface area contributed by atoms with E-state index in [1.54, 1.807) is 16.5 Å². The van der Waals surface area contributed by atoms with Gasteiger partial charge in [-0.05, 0) is 41.7 Å². The van der Waals surface area contributed by atoms with E-state index < -0.39 is 0 Å². The molecule has 2 heteroatoms. The second-order valence-electron chi connectivity index (χ2n) is 4.91. The van der Waals surface area contributed by atoms with Crippen molar-refractivity contribution in [3.05, 3.63) is 0 Å². The Morgan fingerprint density at radius 1 is 0.471 bits per heavy atom. The largest absolute Gasteiger partial charge is 0.0654 e. The van der Waals surface area contributed by atoms with Gasteiger partial charge >= 0.3 is 0 Å². The molecule has 0 aromatic rings. The van der Waals surface area contributed by atoms with Crippen molar-refractivity contribution in [3.63, 3.8) is 0 Å². The van der Waals surface area contributed by atoms with Crippen LogP contribution < -0.4 is 0 Å². The van der Waals surface area contributed by atoms with Crippen LogP contribution in [0.25, 0.3) is 0 Å². The average Bonchev–Trinajstić information content (AvgIpc) is 2.35. The second kappa shape index (κ2) is 16.9. The van der Waals surface area contributed by atoms with E-state index in [1.807, 2.05) is 0 Å². The molecule has 0 N–H and O–H groups in total. The zero-order chi connectivity index (χ0) is 12.6. The van der Waals surface area contributed by atoms with Gasteiger partial charge in [-0.15, -0.1) is 0 Å². The van der Waals surface area contributed by atoms with Crippen LogP contribution >= 0.6 is 16.5 Å². The molecule has 0 bridgehead atoms. The highest BCUT2D eigenvalue weighted by Crippen LogP contribution is 2.38. The summed E-state index contributed by atoms with van der Waals surface area (Å²) in [7, 11) is 3.38. The third kappa shape index (κ3) is 16.9. The van der Waals surface area contributed by atoms with E-state index >= 15 is 0 Å². The van der Waals surface area contributed by atoms with E-state index in [0.29, 0.717) is 0 Å². The molecule has 0 fully saturated rings. The lowest BCUT2D eigenvalue weighted by atomic mass is 10.1. The molecule has 0 aliphatic rings. The first-order valence-electron chi connectivity index (χ1n) is 7.75. The van der Waals surface area contributed by atoms with Crippen LogP contribution in [0.3, 0.4) is 0 Å². The van der Waals surface area contributed by atoms with Crippen LogP contribution in [-0.2, 0) is 0 Å². The standard InChI is InChI=1S/C15H32P2/c1-3-5-7-9-10-11-13-15-17-16-14-12-8-6-4-2/h3-15H2,1-2H3. The topological polar surface area (TPSA) is 0 Å². The quantitative estimate of drug-likeness (QED) is 0.233. The summed E-state index contributed by atoms with van der Waals surface area (Å²) >= 11 is 0. The van der Waals surface area contributed by atoms with Crippen molar-refractivity contribution >= 4 is 16.5 Å². The number of rotatable bonds is 14. The molecule has 0 aromatic heterocycles. The summed E-state index contributed by atoms with van der Waals surface area (Å²) in [6, 6.07) is 0. The van der Waals surface area contributed by atoms with E-state index in [2.05, 4.69) is 13.8 Å². The van der Waals surface area contributed by atoms with Crippen molar-refractivity contribution in [2.45, 2.75) is 84.5 Å². The van der Waals surface area contributed by atoms with Gasteiger partial charge in [0, 0.05) is 0 Å². The zero-order valence-electron chi connectivity index (χ0n) is 12.1. The third-order valence-electron chi connectivity index (χ3n) is 3.07. The van der Waals surface area contributed by atoms with Gasteiger partial charge in [-0.2, -0.15) is 0 Å². The zero-order valence-corrected chi connectivity index (χ0v) is 13.9. The average molecular weight is 274 g/mol. The van der Waals surface area contributed by atoms with Crippen LogP contribution in [0.1, 0.15) is 84.5 Å². The molecule has 0 aliphatic heterocycles. The minimum absolute atomic E-state index is 1.37. The minimum Gasteiger partial charge on any atom is -0.0654 e. The fourth-order valence-electron chi connectivity index (χ4n) is 1.89. The Morgan fingerprint density at radius 3 is 1.29 bits per heavy atom. The molecule has 0 saturated heterocycles. The number of unbranched alkanes of at least 4 members (excludes halogenated alkanes) is 9. The highest BCUT2D eigenvalue weighted by molar-refractivity contribution is 8.11. The normalized spacial score (nSPS) is 12.4.